The van der Waals surface area contributed by atoms with Crippen molar-refractivity contribution in [2.45, 2.75) is 79.1 Å². The number of hydrogen-bond acceptors (Lipinski definition) is 1. The van der Waals surface area contributed by atoms with E-state index in [1.54, 1.807) is 6.08 Å². The quantitative estimate of drug-likeness (QED) is 0.266. The number of benzene rings is 2. The van der Waals surface area contributed by atoms with Gasteiger partial charge in [-0.05, 0) is 42.2 Å². The van der Waals surface area contributed by atoms with E-state index in [-0.39, 0.29) is 0 Å². The molecule has 166 valence electrons. The van der Waals surface area contributed by atoms with Crippen molar-refractivity contribution in [2.24, 2.45) is 0 Å². The molecule has 0 saturated heterocycles. The summed E-state index contributed by atoms with van der Waals surface area (Å²) in [5.41, 5.74) is 3.34. The van der Waals surface area contributed by atoms with Crippen LogP contribution in [0.5, 0.6) is 5.75 Å². The highest BCUT2D eigenvalue weighted by atomic mass is 16.5. The Kier molecular flexibility index (Phi) is 18.5. The number of hydrogen-bond donors (Lipinski definition) is 0. The molecule has 0 N–H and O–H groups in total. The van der Waals surface area contributed by atoms with Gasteiger partial charge < -0.3 is 4.74 Å². The van der Waals surface area contributed by atoms with Crippen LogP contribution in [-0.2, 0) is 0 Å². The second kappa shape index (κ2) is 20.0. The molecule has 2 rings (SSSR count). The third kappa shape index (κ3) is 13.8. The van der Waals surface area contributed by atoms with E-state index in [9.17, 15) is 0 Å². The van der Waals surface area contributed by atoms with Crippen LogP contribution in [-0.4, -0.2) is 6.61 Å². The first-order valence-electron chi connectivity index (χ1n) is 11.7. The van der Waals surface area contributed by atoms with Gasteiger partial charge in [-0.2, -0.15) is 0 Å². The van der Waals surface area contributed by atoms with E-state index in [1.165, 1.54) is 44.9 Å². The third-order valence-electron chi connectivity index (χ3n) is 4.55. The molecule has 0 aliphatic heterocycles. The number of ether oxygens (including phenoxy) is 1. The maximum absolute atomic E-state index is 5.72. The van der Waals surface area contributed by atoms with E-state index in [0.29, 0.717) is 0 Å². The average molecular weight is 409 g/mol. The minimum Gasteiger partial charge on any atom is -0.494 e. The van der Waals surface area contributed by atoms with Gasteiger partial charge in [-0.15, -0.1) is 6.58 Å². The first-order valence-corrected chi connectivity index (χ1v) is 11.7. The van der Waals surface area contributed by atoms with E-state index in [1.807, 2.05) is 37.3 Å². The Morgan fingerprint density at radius 1 is 0.733 bits per heavy atom. The maximum atomic E-state index is 5.72. The fourth-order valence-corrected chi connectivity index (χ4v) is 2.78. The van der Waals surface area contributed by atoms with Crippen molar-refractivity contribution in [3.63, 3.8) is 0 Å². The van der Waals surface area contributed by atoms with Crippen molar-refractivity contribution in [1.82, 2.24) is 0 Å². The normalized spacial score (nSPS) is 9.47. The van der Waals surface area contributed by atoms with E-state index < -0.39 is 0 Å². The smallest absolute Gasteiger partial charge is 0.119 e. The molecule has 2 aromatic rings. The molecule has 2 aromatic carbocycles. The molecule has 0 amide bonds. The molecule has 0 bridgehead atoms. The van der Waals surface area contributed by atoms with Crippen LogP contribution in [0.25, 0.3) is 5.57 Å². The molecule has 0 aliphatic carbocycles. The van der Waals surface area contributed by atoms with Crippen LogP contribution in [0.1, 0.15) is 90.2 Å². The van der Waals surface area contributed by atoms with Gasteiger partial charge in [0.1, 0.15) is 5.75 Å². The van der Waals surface area contributed by atoms with Crippen LogP contribution in [0.2, 0.25) is 0 Å². The number of allylic oxidation sites excluding steroid dienone is 1. The second-order valence-electron chi connectivity index (χ2n) is 7.39. The minimum absolute atomic E-state index is 0.798. The van der Waals surface area contributed by atoms with Crippen molar-refractivity contribution in [3.05, 3.63) is 85.0 Å². The zero-order valence-electron chi connectivity index (χ0n) is 20.0. The molecule has 1 nitrogen and oxygen atoms in total. The first-order chi connectivity index (χ1) is 14.6. The van der Waals surface area contributed by atoms with Crippen molar-refractivity contribution < 1.29 is 4.74 Å². The Hall–Kier alpha value is -2.28. The van der Waals surface area contributed by atoms with E-state index in [0.717, 1.165) is 35.5 Å². The molecule has 0 radical (unpaired) electrons. The summed E-state index contributed by atoms with van der Waals surface area (Å²) in [6.45, 7) is 16.9. The van der Waals surface area contributed by atoms with E-state index in [4.69, 9.17) is 4.74 Å². The fraction of sp³-hybridized carbons (Fsp3) is 0.448. The molecule has 0 heterocycles. The minimum atomic E-state index is 0.798. The zero-order chi connectivity index (χ0) is 22.5. The Bertz CT molecular complexity index is 636. The van der Waals surface area contributed by atoms with Gasteiger partial charge >= 0.3 is 0 Å². The summed E-state index contributed by atoms with van der Waals surface area (Å²) in [6.07, 6.45) is 12.3. The van der Waals surface area contributed by atoms with Crippen LogP contribution in [0.3, 0.4) is 0 Å². The third-order valence-corrected chi connectivity index (χ3v) is 4.55. The van der Waals surface area contributed by atoms with E-state index in [2.05, 4.69) is 58.2 Å². The summed E-state index contributed by atoms with van der Waals surface area (Å²) >= 11 is 0. The Balaban J connectivity index is 0.000000706. The molecule has 0 fully saturated rings. The molecule has 0 aromatic heterocycles. The summed E-state index contributed by atoms with van der Waals surface area (Å²) < 4.78 is 5.72. The van der Waals surface area contributed by atoms with Gasteiger partial charge in [0.15, 0.2) is 0 Å². The molecule has 30 heavy (non-hydrogen) atoms. The molecule has 0 atom stereocenters. The monoisotopic (exact) mass is 408 g/mol. The highest BCUT2D eigenvalue weighted by Gasteiger charge is 2.02. The van der Waals surface area contributed by atoms with Crippen LogP contribution in [0.4, 0.5) is 0 Å². The average Bonchev–Trinajstić information content (AvgIpc) is 2.79. The lowest BCUT2D eigenvalue weighted by molar-refractivity contribution is 0.306. The highest BCUT2D eigenvalue weighted by Crippen LogP contribution is 2.23. The lowest BCUT2D eigenvalue weighted by atomic mass is 10.00. The molecule has 0 spiro atoms. The number of unbranched alkanes of at least 4 members (excludes halogenated alkanes) is 6. The lowest BCUT2D eigenvalue weighted by Crippen LogP contribution is -1.97. The molecule has 0 aliphatic rings. The van der Waals surface area contributed by atoms with E-state index >= 15 is 0 Å². The molecule has 1 heteroatoms. The number of rotatable bonds is 11. The topological polar surface area (TPSA) is 9.23 Å². The van der Waals surface area contributed by atoms with Gasteiger partial charge in [-0.3, -0.25) is 0 Å². The van der Waals surface area contributed by atoms with Crippen molar-refractivity contribution in [1.29, 1.82) is 0 Å². The van der Waals surface area contributed by atoms with Gasteiger partial charge in [0.25, 0.3) is 0 Å². The maximum Gasteiger partial charge on any atom is 0.119 e. The second-order valence-corrected chi connectivity index (χ2v) is 7.39. The SMILES string of the molecule is C=C(c1ccccc1)c1ccc(OCCCCC)cc1.C=CC.CCCCCCC. The summed E-state index contributed by atoms with van der Waals surface area (Å²) in [5, 5.41) is 0. The van der Waals surface area contributed by atoms with Gasteiger partial charge in [0, 0.05) is 0 Å². The molecule has 0 saturated carbocycles. The standard InChI is InChI=1S/C19H22O.C7H16.C3H6/c1-3-4-8-15-20-19-13-11-18(12-14-19)16(2)17-9-6-5-7-10-17;1-3-5-7-6-4-2;1-3-2/h5-7,9-14H,2-4,8,15H2,1H3;3-7H2,1-2H3;3H,1H2,2H3. The predicted octanol–water partition coefficient (Wildman–Crippen LogP) is 9.49. The molecular formula is C29H44O. The van der Waals surface area contributed by atoms with Crippen LogP contribution in [0, 0.1) is 0 Å². The van der Waals surface area contributed by atoms with Gasteiger partial charge in [-0.1, -0.05) is 121 Å². The Morgan fingerprint density at radius 2 is 1.20 bits per heavy atom. The predicted molar refractivity (Wildman–Crippen MR) is 136 cm³/mol. The van der Waals surface area contributed by atoms with Gasteiger partial charge in [-0.25, -0.2) is 0 Å². The van der Waals surface area contributed by atoms with Crippen molar-refractivity contribution >= 4 is 5.57 Å². The Labute approximate surface area is 186 Å². The largest absolute Gasteiger partial charge is 0.494 e. The fourth-order valence-electron chi connectivity index (χ4n) is 2.78. The van der Waals surface area contributed by atoms with Crippen LogP contribution < -0.4 is 4.74 Å². The zero-order valence-corrected chi connectivity index (χ0v) is 20.0. The Morgan fingerprint density at radius 3 is 1.70 bits per heavy atom. The van der Waals surface area contributed by atoms with Gasteiger partial charge in [0.2, 0.25) is 0 Å². The summed E-state index contributed by atoms with van der Waals surface area (Å²) in [7, 11) is 0. The summed E-state index contributed by atoms with van der Waals surface area (Å²) in [4.78, 5) is 0. The summed E-state index contributed by atoms with van der Waals surface area (Å²) in [5.74, 6) is 0.936. The summed E-state index contributed by atoms with van der Waals surface area (Å²) in [6, 6.07) is 18.4. The van der Waals surface area contributed by atoms with Crippen molar-refractivity contribution in [3.8, 4) is 5.75 Å². The first kappa shape index (κ1) is 27.7. The van der Waals surface area contributed by atoms with Crippen molar-refractivity contribution in [2.75, 3.05) is 6.61 Å². The highest BCUT2D eigenvalue weighted by molar-refractivity contribution is 5.78. The van der Waals surface area contributed by atoms with Gasteiger partial charge in [0.05, 0.1) is 6.61 Å². The molecular weight excluding hydrogens is 364 g/mol. The van der Waals surface area contributed by atoms with Crippen LogP contribution >= 0.6 is 0 Å². The molecule has 0 unspecified atom stereocenters. The van der Waals surface area contributed by atoms with Crippen LogP contribution in [0.15, 0.2) is 73.8 Å². The lowest BCUT2D eigenvalue weighted by Gasteiger charge is -2.09.